The number of fused-ring (bicyclic) bond motifs is 1. The van der Waals surface area contributed by atoms with Crippen LogP contribution in [0.5, 0.6) is 23.0 Å². The van der Waals surface area contributed by atoms with Gasteiger partial charge in [0.1, 0.15) is 23.9 Å². The minimum Gasteiger partial charge on any atom is -0.508 e. The molecule has 0 spiro atoms. The molecule has 4 aromatic rings. The second kappa shape index (κ2) is 11.7. The van der Waals surface area contributed by atoms with Crippen LogP contribution in [0.15, 0.2) is 71.2 Å². The van der Waals surface area contributed by atoms with Crippen molar-refractivity contribution in [2.24, 2.45) is 0 Å². The van der Waals surface area contributed by atoms with Crippen LogP contribution in [0, 0.1) is 0 Å². The van der Waals surface area contributed by atoms with Gasteiger partial charge < -0.3 is 19.7 Å². The van der Waals surface area contributed by atoms with Crippen molar-refractivity contribution in [3.8, 4) is 33.4 Å². The van der Waals surface area contributed by atoms with Crippen LogP contribution in [-0.4, -0.2) is 71.4 Å². The van der Waals surface area contributed by atoms with E-state index in [1.54, 1.807) is 23.5 Å². The third-order valence-electron chi connectivity index (χ3n) is 6.66. The number of phenols is 1. The van der Waals surface area contributed by atoms with E-state index in [9.17, 15) is 9.90 Å². The monoisotopic (exact) mass is 596 g/mol. The first kappa shape index (κ1) is 26.5. The van der Waals surface area contributed by atoms with Crippen LogP contribution >= 0.6 is 27.3 Å². The van der Waals surface area contributed by atoms with Gasteiger partial charge in [0.15, 0.2) is 5.75 Å². The molecule has 2 N–H and O–H groups in total. The van der Waals surface area contributed by atoms with E-state index in [4.69, 9.17) is 14.6 Å². The number of nitrogens with zero attached hydrogens (tertiary/aromatic N) is 2. The van der Waals surface area contributed by atoms with Crippen molar-refractivity contribution >= 4 is 43.3 Å². The van der Waals surface area contributed by atoms with Crippen molar-refractivity contribution in [3.63, 3.8) is 0 Å². The average molecular weight is 598 g/mol. The Labute approximate surface area is 234 Å². The molecule has 0 saturated carbocycles. The van der Waals surface area contributed by atoms with Gasteiger partial charge in [-0.25, -0.2) is 0 Å². The molecule has 1 aliphatic heterocycles. The molecule has 38 heavy (non-hydrogen) atoms. The summed E-state index contributed by atoms with van der Waals surface area (Å²) < 4.78 is 14.4. The zero-order valence-corrected chi connectivity index (χ0v) is 23.4. The van der Waals surface area contributed by atoms with Crippen molar-refractivity contribution in [1.29, 1.82) is 0 Å². The van der Waals surface area contributed by atoms with Gasteiger partial charge in [0.2, 0.25) is 0 Å². The lowest BCUT2D eigenvalue weighted by Crippen LogP contribution is -2.51. The van der Waals surface area contributed by atoms with Crippen molar-refractivity contribution in [2.45, 2.75) is 13.0 Å². The number of halogens is 1. The largest absolute Gasteiger partial charge is 0.508 e. The van der Waals surface area contributed by atoms with E-state index in [2.05, 4.69) is 27.8 Å². The number of piperazine rings is 1. The molecule has 3 aromatic carbocycles. The van der Waals surface area contributed by atoms with Crippen molar-refractivity contribution in [1.82, 2.24) is 9.80 Å². The molecule has 0 radical (unpaired) electrons. The van der Waals surface area contributed by atoms with Crippen LogP contribution < -0.4 is 9.47 Å². The molecule has 198 valence electrons. The van der Waals surface area contributed by atoms with Gasteiger partial charge in [-0.05, 0) is 67.1 Å². The number of rotatable bonds is 9. The molecule has 0 aliphatic carbocycles. The lowest BCUT2D eigenvalue weighted by molar-refractivity contribution is -0.138. The molecule has 0 amide bonds. The van der Waals surface area contributed by atoms with Crippen LogP contribution in [0.2, 0.25) is 0 Å². The molecule has 1 aliphatic rings. The smallest absolute Gasteiger partial charge is 0.317 e. The van der Waals surface area contributed by atoms with E-state index < -0.39 is 5.97 Å². The van der Waals surface area contributed by atoms with Gasteiger partial charge >= 0.3 is 5.97 Å². The maximum atomic E-state index is 10.9. The normalized spacial score (nSPS) is 15.4. The Balaban J connectivity index is 1.24. The number of hydrogen-bond donors (Lipinski definition) is 2. The average Bonchev–Trinajstić information content (AvgIpc) is 3.25. The molecule has 5 rings (SSSR count). The molecule has 0 bridgehead atoms. The van der Waals surface area contributed by atoms with Gasteiger partial charge in [0.05, 0.1) is 11.4 Å². The van der Waals surface area contributed by atoms with Crippen molar-refractivity contribution in [2.75, 3.05) is 39.3 Å². The minimum atomic E-state index is -0.779. The number of benzene rings is 3. The fraction of sp³-hybridized carbons (Fsp3) is 0.276. The highest BCUT2D eigenvalue weighted by molar-refractivity contribution is 9.10. The van der Waals surface area contributed by atoms with Gasteiger partial charge in [-0.1, -0.05) is 28.1 Å². The zero-order valence-electron chi connectivity index (χ0n) is 21.0. The summed E-state index contributed by atoms with van der Waals surface area (Å²) in [6.45, 7) is 5.94. The minimum absolute atomic E-state index is 0.0986. The summed E-state index contributed by atoms with van der Waals surface area (Å²) in [7, 11) is 0. The first-order valence-electron chi connectivity index (χ1n) is 12.5. The van der Waals surface area contributed by atoms with E-state index >= 15 is 0 Å². The lowest BCUT2D eigenvalue weighted by Gasteiger charge is -2.37. The summed E-state index contributed by atoms with van der Waals surface area (Å²) in [5.74, 6) is 1.67. The van der Waals surface area contributed by atoms with Crippen LogP contribution in [0.25, 0.3) is 20.5 Å². The topological polar surface area (TPSA) is 82.5 Å². The molecule has 1 fully saturated rings. The Kier molecular flexibility index (Phi) is 8.18. The molecule has 1 saturated heterocycles. The fourth-order valence-electron chi connectivity index (χ4n) is 4.55. The molecule has 0 unspecified atom stereocenters. The highest BCUT2D eigenvalue weighted by Gasteiger charge is 2.23. The van der Waals surface area contributed by atoms with Gasteiger partial charge in [0.25, 0.3) is 0 Å². The second-order valence-corrected chi connectivity index (χ2v) is 11.4. The first-order chi connectivity index (χ1) is 18.4. The molecule has 7 nitrogen and oxygen atoms in total. The quantitative estimate of drug-likeness (QED) is 0.235. The summed E-state index contributed by atoms with van der Waals surface area (Å²) >= 11 is 5.08. The Morgan fingerprint density at radius 1 is 1.00 bits per heavy atom. The summed E-state index contributed by atoms with van der Waals surface area (Å²) in [6, 6.07) is 21.3. The SMILES string of the molecule is C[C@@H](COc1ccc(Oc2c(-c3ccc(Br)cc3)sc3cc(O)ccc23)cc1)N1CCN(CC(=O)O)CC1. The van der Waals surface area contributed by atoms with Crippen molar-refractivity contribution in [3.05, 3.63) is 71.2 Å². The molecular weight excluding hydrogens is 568 g/mol. The van der Waals surface area contributed by atoms with Gasteiger partial charge in [0, 0.05) is 46.8 Å². The maximum absolute atomic E-state index is 10.9. The Bertz CT molecular complexity index is 1400. The van der Waals surface area contributed by atoms with Crippen LogP contribution in [-0.2, 0) is 4.79 Å². The summed E-state index contributed by atoms with van der Waals surface area (Å²) in [5.41, 5.74) is 1.04. The fourth-order valence-corrected chi connectivity index (χ4v) is 5.98. The summed E-state index contributed by atoms with van der Waals surface area (Å²) in [4.78, 5) is 16.2. The summed E-state index contributed by atoms with van der Waals surface area (Å²) in [5, 5.41) is 19.9. The number of phenolic OH excluding ortho intramolecular Hbond substituents is 1. The highest BCUT2D eigenvalue weighted by Crippen LogP contribution is 2.47. The van der Waals surface area contributed by atoms with Gasteiger partial charge in [-0.3, -0.25) is 14.6 Å². The number of aliphatic carboxylic acids is 1. The van der Waals surface area contributed by atoms with Crippen LogP contribution in [0.4, 0.5) is 0 Å². The summed E-state index contributed by atoms with van der Waals surface area (Å²) in [6.07, 6.45) is 0. The lowest BCUT2D eigenvalue weighted by atomic mass is 10.1. The standard InChI is InChI=1S/C29H29BrN2O5S/c1-19(32-14-12-31(13-15-32)17-27(34)35)18-36-23-7-9-24(10-8-23)37-28-25-11-6-22(33)16-26(25)38-29(28)20-2-4-21(30)5-3-20/h2-11,16,19,33H,12-15,17-18H2,1H3,(H,34,35)/t19-/m0/s1. The number of carboxylic acids is 1. The Morgan fingerprint density at radius 2 is 1.68 bits per heavy atom. The predicted molar refractivity (Wildman–Crippen MR) is 154 cm³/mol. The third-order valence-corrected chi connectivity index (χ3v) is 8.37. The first-order valence-corrected chi connectivity index (χ1v) is 14.1. The van der Waals surface area contributed by atoms with Crippen LogP contribution in [0.3, 0.4) is 0 Å². The number of thiophene rings is 1. The molecule has 9 heteroatoms. The molecule has 1 atom stereocenters. The van der Waals surface area contributed by atoms with Crippen LogP contribution in [0.1, 0.15) is 6.92 Å². The number of carbonyl (C=O) groups is 1. The molecular formula is C29H29BrN2O5S. The molecule has 2 heterocycles. The maximum Gasteiger partial charge on any atom is 0.317 e. The van der Waals surface area contributed by atoms with Crippen molar-refractivity contribution < 1.29 is 24.5 Å². The van der Waals surface area contributed by atoms with Gasteiger partial charge in [-0.15, -0.1) is 11.3 Å². The van der Waals surface area contributed by atoms with E-state index in [0.717, 1.165) is 62.7 Å². The van der Waals surface area contributed by atoms with E-state index in [1.807, 2.05) is 59.5 Å². The predicted octanol–water partition coefficient (Wildman–Crippen LogP) is 6.30. The third kappa shape index (κ3) is 6.30. The van der Waals surface area contributed by atoms with E-state index in [-0.39, 0.29) is 18.3 Å². The Morgan fingerprint density at radius 3 is 2.37 bits per heavy atom. The number of ether oxygens (including phenoxy) is 2. The molecule has 1 aromatic heterocycles. The highest BCUT2D eigenvalue weighted by atomic mass is 79.9. The van der Waals surface area contributed by atoms with E-state index in [0.29, 0.717) is 12.4 Å². The van der Waals surface area contributed by atoms with E-state index in [1.165, 1.54) is 0 Å². The number of aromatic hydroxyl groups is 1. The second-order valence-electron chi connectivity index (χ2n) is 9.39. The number of carboxylic acid groups (broad SMARTS) is 1. The Hall–Kier alpha value is -3.11. The van der Waals surface area contributed by atoms with Gasteiger partial charge in [-0.2, -0.15) is 0 Å². The zero-order chi connectivity index (χ0) is 26.6. The number of hydrogen-bond acceptors (Lipinski definition) is 7.